The van der Waals surface area contributed by atoms with Gasteiger partial charge in [-0.25, -0.2) is 0 Å². The normalized spacial score (nSPS) is 14.3. The van der Waals surface area contributed by atoms with Crippen molar-refractivity contribution in [2.24, 2.45) is 0 Å². The molecule has 0 unspecified atom stereocenters. The zero-order chi connectivity index (χ0) is 19.3. The Kier molecular flexibility index (Phi) is 5.48. The van der Waals surface area contributed by atoms with E-state index in [0.29, 0.717) is 6.54 Å². The van der Waals surface area contributed by atoms with E-state index in [2.05, 4.69) is 73.5 Å². The molecule has 6 nitrogen and oxygen atoms in total. The van der Waals surface area contributed by atoms with Gasteiger partial charge in [-0.15, -0.1) is 10.2 Å². The number of benzene rings is 2. The molecule has 4 rings (SSSR count). The van der Waals surface area contributed by atoms with Gasteiger partial charge in [0.25, 0.3) is 0 Å². The lowest BCUT2D eigenvalue weighted by molar-refractivity contribution is -0.119. The number of aromatic nitrogens is 3. The quantitative estimate of drug-likeness (QED) is 0.745. The highest BCUT2D eigenvalue weighted by Crippen LogP contribution is 2.20. The summed E-state index contributed by atoms with van der Waals surface area (Å²) in [6.45, 7) is 5.62. The molecule has 3 aromatic rings. The first-order valence-electron chi connectivity index (χ1n) is 9.71. The van der Waals surface area contributed by atoms with Gasteiger partial charge in [0, 0.05) is 39.5 Å². The van der Waals surface area contributed by atoms with E-state index in [1.165, 1.54) is 23.6 Å². The fraction of sp³-hybridized carbons (Fsp3) is 0.318. The molecule has 1 aromatic heterocycles. The van der Waals surface area contributed by atoms with E-state index in [1.54, 1.807) is 0 Å². The van der Waals surface area contributed by atoms with Gasteiger partial charge < -0.3 is 9.88 Å². The fourth-order valence-electron chi connectivity index (χ4n) is 3.61. The van der Waals surface area contributed by atoms with Crippen LogP contribution in [0, 0.1) is 0 Å². The number of carbonyl (C=O) groups excluding carboxylic acids is 1. The molecule has 0 fully saturated rings. The van der Waals surface area contributed by atoms with Gasteiger partial charge in [-0.05, 0) is 16.7 Å². The molecule has 2 aromatic carbocycles. The highest BCUT2D eigenvalue weighted by atomic mass is 16.1. The van der Waals surface area contributed by atoms with E-state index < -0.39 is 0 Å². The molecule has 0 saturated carbocycles. The van der Waals surface area contributed by atoms with Crippen molar-refractivity contribution in [2.75, 3.05) is 13.1 Å². The molecule has 0 atom stereocenters. The van der Waals surface area contributed by atoms with Gasteiger partial charge >= 0.3 is 0 Å². The number of hydrogen-bond acceptors (Lipinski definition) is 4. The summed E-state index contributed by atoms with van der Waals surface area (Å²) in [4.78, 5) is 13.6. The SMILES string of the molecule is CC(=O)NCc1nnc2n1CCN(Cc1ccc(-c3ccccc3)cc1)CC2. The van der Waals surface area contributed by atoms with Crippen LogP contribution in [0.1, 0.15) is 24.1 Å². The second-order valence-electron chi connectivity index (χ2n) is 7.18. The first-order chi connectivity index (χ1) is 13.7. The van der Waals surface area contributed by atoms with Crippen LogP contribution in [0.15, 0.2) is 54.6 Å². The second kappa shape index (κ2) is 8.35. The average molecular weight is 375 g/mol. The van der Waals surface area contributed by atoms with Gasteiger partial charge in [0.15, 0.2) is 5.82 Å². The molecule has 1 aliphatic rings. The maximum Gasteiger partial charge on any atom is 0.217 e. The first kappa shape index (κ1) is 18.4. The number of nitrogens with one attached hydrogen (secondary N) is 1. The van der Waals surface area contributed by atoms with E-state index in [-0.39, 0.29) is 5.91 Å². The van der Waals surface area contributed by atoms with Crippen molar-refractivity contribution in [3.63, 3.8) is 0 Å². The molecule has 0 saturated heterocycles. The van der Waals surface area contributed by atoms with Crippen molar-refractivity contribution in [1.82, 2.24) is 25.0 Å². The van der Waals surface area contributed by atoms with Gasteiger partial charge in [0.05, 0.1) is 6.54 Å². The van der Waals surface area contributed by atoms with Crippen LogP contribution in [0.3, 0.4) is 0 Å². The maximum absolute atomic E-state index is 11.2. The summed E-state index contributed by atoms with van der Waals surface area (Å²) >= 11 is 0. The average Bonchev–Trinajstić information content (AvgIpc) is 3.00. The second-order valence-corrected chi connectivity index (χ2v) is 7.18. The largest absolute Gasteiger partial charge is 0.349 e. The number of rotatable bonds is 5. The van der Waals surface area contributed by atoms with Crippen LogP contribution in [-0.2, 0) is 30.8 Å². The zero-order valence-electron chi connectivity index (χ0n) is 16.1. The van der Waals surface area contributed by atoms with E-state index in [1.807, 2.05) is 6.07 Å². The Morgan fingerprint density at radius 3 is 2.46 bits per heavy atom. The van der Waals surface area contributed by atoms with Crippen molar-refractivity contribution in [2.45, 2.75) is 33.0 Å². The van der Waals surface area contributed by atoms with Crippen LogP contribution in [0.2, 0.25) is 0 Å². The van der Waals surface area contributed by atoms with Crippen LogP contribution >= 0.6 is 0 Å². The van der Waals surface area contributed by atoms with Gasteiger partial charge in [0.2, 0.25) is 5.91 Å². The van der Waals surface area contributed by atoms with Crippen LogP contribution in [-0.4, -0.2) is 38.7 Å². The summed E-state index contributed by atoms with van der Waals surface area (Å²) in [6.07, 6.45) is 0.870. The third kappa shape index (κ3) is 4.28. The molecule has 1 N–H and O–H groups in total. The van der Waals surface area contributed by atoms with Crippen LogP contribution in [0.25, 0.3) is 11.1 Å². The van der Waals surface area contributed by atoms with Crippen LogP contribution in [0.5, 0.6) is 0 Å². The lowest BCUT2D eigenvalue weighted by Crippen LogP contribution is -2.27. The molecule has 144 valence electrons. The summed E-state index contributed by atoms with van der Waals surface area (Å²) in [6, 6.07) is 19.3. The molecule has 1 amide bonds. The van der Waals surface area contributed by atoms with Crippen molar-refractivity contribution in [3.8, 4) is 11.1 Å². The zero-order valence-corrected chi connectivity index (χ0v) is 16.1. The Morgan fingerprint density at radius 2 is 1.71 bits per heavy atom. The molecule has 0 aliphatic carbocycles. The molecule has 6 heteroatoms. The number of fused-ring (bicyclic) bond motifs is 1. The minimum Gasteiger partial charge on any atom is -0.349 e. The summed E-state index contributed by atoms with van der Waals surface area (Å²) < 4.78 is 2.15. The summed E-state index contributed by atoms with van der Waals surface area (Å²) in [5, 5.41) is 11.4. The standard InChI is InChI=1S/C22H25N5O/c1-17(28)23-15-22-25-24-21-11-12-26(13-14-27(21)22)16-18-7-9-20(10-8-18)19-5-3-2-4-6-19/h2-10H,11-16H2,1H3,(H,23,28). The van der Waals surface area contributed by atoms with Gasteiger partial charge in [0.1, 0.15) is 5.82 Å². The molecule has 0 bridgehead atoms. The number of hydrogen-bond donors (Lipinski definition) is 1. The Hall–Kier alpha value is -2.99. The number of carbonyl (C=O) groups is 1. The third-order valence-corrected chi connectivity index (χ3v) is 5.16. The van der Waals surface area contributed by atoms with Crippen molar-refractivity contribution in [1.29, 1.82) is 0 Å². The Labute approximate surface area is 165 Å². The van der Waals surface area contributed by atoms with Crippen molar-refractivity contribution < 1.29 is 4.79 Å². The summed E-state index contributed by atoms with van der Waals surface area (Å²) in [5.41, 5.74) is 3.80. The highest BCUT2D eigenvalue weighted by Gasteiger charge is 2.18. The van der Waals surface area contributed by atoms with Gasteiger partial charge in [-0.2, -0.15) is 0 Å². The van der Waals surface area contributed by atoms with Gasteiger partial charge in [-0.1, -0.05) is 54.6 Å². The van der Waals surface area contributed by atoms with Crippen LogP contribution in [0.4, 0.5) is 0 Å². The molecule has 28 heavy (non-hydrogen) atoms. The number of amides is 1. The van der Waals surface area contributed by atoms with Crippen molar-refractivity contribution in [3.05, 3.63) is 71.8 Å². The highest BCUT2D eigenvalue weighted by molar-refractivity contribution is 5.72. The first-order valence-corrected chi connectivity index (χ1v) is 9.71. The number of nitrogens with zero attached hydrogens (tertiary/aromatic N) is 4. The minimum absolute atomic E-state index is 0.0495. The lowest BCUT2D eigenvalue weighted by atomic mass is 10.0. The minimum atomic E-state index is -0.0495. The fourth-order valence-corrected chi connectivity index (χ4v) is 3.61. The maximum atomic E-state index is 11.2. The molecule has 1 aliphatic heterocycles. The molecule has 0 spiro atoms. The van der Waals surface area contributed by atoms with E-state index in [9.17, 15) is 4.79 Å². The van der Waals surface area contributed by atoms with Crippen LogP contribution < -0.4 is 5.32 Å². The molecule has 0 radical (unpaired) electrons. The van der Waals surface area contributed by atoms with Crippen molar-refractivity contribution >= 4 is 5.91 Å². The van der Waals surface area contributed by atoms with Gasteiger partial charge in [-0.3, -0.25) is 9.69 Å². The Bertz CT molecular complexity index is 933. The topological polar surface area (TPSA) is 63.1 Å². The monoisotopic (exact) mass is 375 g/mol. The predicted molar refractivity (Wildman–Crippen MR) is 108 cm³/mol. The summed E-state index contributed by atoms with van der Waals surface area (Å²) in [5.74, 6) is 1.79. The Morgan fingerprint density at radius 1 is 0.964 bits per heavy atom. The molecular weight excluding hydrogens is 350 g/mol. The van der Waals surface area contributed by atoms with E-state index >= 15 is 0 Å². The van der Waals surface area contributed by atoms with E-state index in [4.69, 9.17) is 0 Å². The smallest absolute Gasteiger partial charge is 0.217 e. The van der Waals surface area contributed by atoms with E-state index in [0.717, 1.165) is 44.2 Å². The lowest BCUT2D eigenvalue weighted by Gasteiger charge is -2.20. The molecular formula is C22H25N5O. The summed E-state index contributed by atoms with van der Waals surface area (Å²) in [7, 11) is 0. The predicted octanol–water partition coefficient (Wildman–Crippen LogP) is 2.64. The molecule has 2 heterocycles. The Balaban J connectivity index is 1.38. The third-order valence-electron chi connectivity index (χ3n) is 5.16.